The Morgan fingerprint density at radius 1 is 1.25 bits per heavy atom. The minimum atomic E-state index is -0.319. The van der Waals surface area contributed by atoms with Crippen molar-refractivity contribution in [2.24, 2.45) is 0 Å². The summed E-state index contributed by atoms with van der Waals surface area (Å²) in [5.41, 5.74) is 3.12. The monoisotopic (exact) mass is 332 g/mol. The topological polar surface area (TPSA) is 65.6 Å². The molecule has 0 saturated carbocycles. The van der Waals surface area contributed by atoms with Crippen molar-refractivity contribution in [3.05, 3.63) is 29.0 Å². The molecule has 0 atom stereocenters. The van der Waals surface area contributed by atoms with Crippen molar-refractivity contribution in [2.45, 2.75) is 46.1 Å². The van der Waals surface area contributed by atoms with E-state index in [1.807, 2.05) is 32.0 Å². The van der Waals surface area contributed by atoms with Gasteiger partial charge in [-0.15, -0.1) is 0 Å². The first kappa shape index (κ1) is 18.3. The number of aryl methyl sites for hydroxylation is 1. The smallest absolute Gasteiger partial charge is 0.340 e. The summed E-state index contributed by atoms with van der Waals surface area (Å²) in [6.07, 6.45) is 4.07. The van der Waals surface area contributed by atoms with Gasteiger partial charge in [0.2, 0.25) is 0 Å². The number of hydrogen-bond acceptors (Lipinski definition) is 4. The van der Waals surface area contributed by atoms with Gasteiger partial charge in [-0.25, -0.2) is 4.79 Å². The van der Waals surface area contributed by atoms with Gasteiger partial charge >= 0.3 is 5.97 Å². The maximum atomic E-state index is 12.6. The highest BCUT2D eigenvalue weighted by molar-refractivity contribution is 6.07. The molecule has 2 N–H and O–H groups in total. The van der Waals surface area contributed by atoms with Gasteiger partial charge < -0.3 is 19.7 Å². The van der Waals surface area contributed by atoms with E-state index in [1.165, 1.54) is 0 Å². The average Bonchev–Trinajstić information content (AvgIpc) is 2.89. The zero-order valence-corrected chi connectivity index (χ0v) is 15.1. The normalized spacial score (nSPS) is 11.4. The Kier molecular flexibility index (Phi) is 6.26. The van der Waals surface area contributed by atoms with Crippen LogP contribution in [-0.4, -0.2) is 41.7 Å². The van der Waals surface area contributed by atoms with Crippen molar-refractivity contribution in [1.82, 2.24) is 9.88 Å². The van der Waals surface area contributed by atoms with Gasteiger partial charge in [-0.2, -0.15) is 0 Å². The Labute approximate surface area is 143 Å². The van der Waals surface area contributed by atoms with Gasteiger partial charge in [-0.1, -0.05) is 19.8 Å². The molecule has 1 aromatic heterocycles. The molecule has 0 radical (unpaired) electrons. The fraction of sp³-hybridized carbons (Fsp3) is 0.526. The lowest BCUT2D eigenvalue weighted by atomic mass is 10.0. The first-order valence-corrected chi connectivity index (χ1v) is 8.66. The van der Waals surface area contributed by atoms with Gasteiger partial charge in [0.15, 0.2) is 0 Å². The lowest BCUT2D eigenvalue weighted by Crippen LogP contribution is -2.13. The number of unbranched alkanes of at least 4 members (excludes halogenated alkanes) is 2. The lowest BCUT2D eigenvalue weighted by molar-refractivity contribution is 0.0527. The third-order valence-electron chi connectivity index (χ3n) is 4.11. The molecule has 0 aliphatic heterocycles. The number of phenolic OH excluding ortho intramolecular Hbond substituents is 1. The zero-order chi connectivity index (χ0) is 17.7. The predicted molar refractivity (Wildman–Crippen MR) is 96.5 cm³/mol. The number of esters is 1. The first-order valence-electron chi connectivity index (χ1n) is 8.66. The summed E-state index contributed by atoms with van der Waals surface area (Å²) in [6.45, 7) is 4.86. The number of aromatic amines is 1. The molecule has 24 heavy (non-hydrogen) atoms. The van der Waals surface area contributed by atoms with Crippen molar-refractivity contribution in [3.63, 3.8) is 0 Å². The van der Waals surface area contributed by atoms with Crippen LogP contribution in [0, 0.1) is 0 Å². The van der Waals surface area contributed by atoms with Crippen LogP contribution in [0.2, 0.25) is 0 Å². The molecule has 0 aliphatic rings. The van der Waals surface area contributed by atoms with Gasteiger partial charge in [-0.3, -0.25) is 0 Å². The molecule has 0 unspecified atom stereocenters. The van der Waals surface area contributed by atoms with E-state index in [9.17, 15) is 9.90 Å². The number of hydrogen-bond donors (Lipinski definition) is 2. The van der Waals surface area contributed by atoms with Crippen LogP contribution < -0.4 is 0 Å². The number of aromatic nitrogens is 1. The molecule has 5 nitrogen and oxygen atoms in total. The van der Waals surface area contributed by atoms with E-state index in [0.29, 0.717) is 18.7 Å². The molecule has 2 rings (SSSR count). The van der Waals surface area contributed by atoms with Crippen molar-refractivity contribution >= 4 is 16.9 Å². The third kappa shape index (κ3) is 3.90. The van der Waals surface area contributed by atoms with E-state index in [4.69, 9.17) is 4.74 Å². The number of carbonyl (C=O) groups is 1. The number of ether oxygens (including phenoxy) is 1. The maximum absolute atomic E-state index is 12.6. The van der Waals surface area contributed by atoms with Crippen molar-refractivity contribution in [2.75, 3.05) is 20.7 Å². The molecule has 0 bridgehead atoms. The molecule has 1 heterocycles. The summed E-state index contributed by atoms with van der Waals surface area (Å²) in [5.74, 6) is -0.110. The molecular weight excluding hydrogens is 304 g/mol. The molecule has 1 aromatic carbocycles. The van der Waals surface area contributed by atoms with E-state index in [0.717, 1.165) is 47.8 Å². The van der Waals surface area contributed by atoms with E-state index < -0.39 is 0 Å². The van der Waals surface area contributed by atoms with Crippen LogP contribution in [-0.2, 0) is 17.7 Å². The standard InChI is InChI=1S/C19H28N2O3/c1-5-7-8-9-14-18(19(23)24-6-2)17-13(12-21(3)4)16(22)11-10-15(17)20-14/h10-11,20,22H,5-9,12H2,1-4H3. The fourth-order valence-corrected chi connectivity index (χ4v) is 3.05. The molecule has 0 spiro atoms. The van der Waals surface area contributed by atoms with Crippen LogP contribution in [0.5, 0.6) is 5.75 Å². The minimum absolute atomic E-state index is 0.209. The molecule has 0 amide bonds. The lowest BCUT2D eigenvalue weighted by Gasteiger charge is -2.13. The quantitative estimate of drug-likeness (QED) is 0.569. The summed E-state index contributed by atoms with van der Waals surface area (Å²) in [5, 5.41) is 11.1. The number of nitrogens with one attached hydrogen (secondary N) is 1. The second kappa shape index (κ2) is 8.20. The largest absolute Gasteiger partial charge is 0.508 e. The van der Waals surface area contributed by atoms with Crippen LogP contribution in [0.15, 0.2) is 12.1 Å². The number of H-pyrrole nitrogens is 1. The first-order chi connectivity index (χ1) is 11.5. The molecule has 132 valence electrons. The fourth-order valence-electron chi connectivity index (χ4n) is 3.05. The molecule has 5 heteroatoms. The summed E-state index contributed by atoms with van der Waals surface area (Å²) in [7, 11) is 3.88. The van der Waals surface area contributed by atoms with Crippen LogP contribution in [0.25, 0.3) is 10.9 Å². The number of fused-ring (bicyclic) bond motifs is 1. The number of phenols is 1. The van der Waals surface area contributed by atoms with Crippen LogP contribution in [0.1, 0.15) is 54.7 Å². The Balaban J connectivity index is 2.60. The van der Waals surface area contributed by atoms with Crippen LogP contribution in [0.4, 0.5) is 0 Å². The zero-order valence-electron chi connectivity index (χ0n) is 15.1. The number of nitrogens with zero attached hydrogens (tertiary/aromatic N) is 1. The Bertz CT molecular complexity index is 704. The van der Waals surface area contributed by atoms with Crippen LogP contribution >= 0.6 is 0 Å². The number of rotatable bonds is 8. The van der Waals surface area contributed by atoms with Gasteiger partial charge in [0, 0.05) is 28.7 Å². The van der Waals surface area contributed by atoms with Gasteiger partial charge in [0.25, 0.3) is 0 Å². The van der Waals surface area contributed by atoms with Gasteiger partial charge in [0.05, 0.1) is 12.2 Å². The predicted octanol–water partition coefficient (Wildman–Crippen LogP) is 3.84. The number of benzene rings is 1. The van der Waals surface area contributed by atoms with Crippen LogP contribution in [0.3, 0.4) is 0 Å². The maximum Gasteiger partial charge on any atom is 0.340 e. The summed E-state index contributed by atoms with van der Waals surface area (Å²) < 4.78 is 5.29. The van der Waals surface area contributed by atoms with Crippen molar-refractivity contribution in [3.8, 4) is 5.75 Å². The summed E-state index contributed by atoms with van der Waals surface area (Å²) in [6, 6.07) is 3.51. The minimum Gasteiger partial charge on any atom is -0.508 e. The molecular formula is C19H28N2O3. The molecule has 0 fully saturated rings. The second-order valence-corrected chi connectivity index (χ2v) is 6.38. The van der Waals surface area contributed by atoms with Crippen molar-refractivity contribution in [1.29, 1.82) is 0 Å². The number of carbonyl (C=O) groups excluding carboxylic acids is 1. The molecule has 2 aromatic rings. The van der Waals surface area contributed by atoms with E-state index in [2.05, 4.69) is 11.9 Å². The highest BCUT2D eigenvalue weighted by Crippen LogP contribution is 2.33. The van der Waals surface area contributed by atoms with Gasteiger partial charge in [0.1, 0.15) is 5.75 Å². The molecule has 0 saturated heterocycles. The highest BCUT2D eigenvalue weighted by atomic mass is 16.5. The van der Waals surface area contributed by atoms with E-state index in [-0.39, 0.29) is 11.7 Å². The Morgan fingerprint density at radius 3 is 2.62 bits per heavy atom. The average molecular weight is 332 g/mol. The SMILES string of the molecule is CCCCCc1[nH]c2ccc(O)c(CN(C)C)c2c1C(=O)OCC. The summed E-state index contributed by atoms with van der Waals surface area (Å²) >= 11 is 0. The second-order valence-electron chi connectivity index (χ2n) is 6.38. The van der Waals surface area contributed by atoms with E-state index in [1.54, 1.807) is 6.07 Å². The Morgan fingerprint density at radius 2 is 2.00 bits per heavy atom. The van der Waals surface area contributed by atoms with Gasteiger partial charge in [-0.05, 0) is 46.0 Å². The number of aromatic hydroxyl groups is 1. The van der Waals surface area contributed by atoms with E-state index >= 15 is 0 Å². The van der Waals surface area contributed by atoms with Crippen molar-refractivity contribution < 1.29 is 14.6 Å². The third-order valence-corrected chi connectivity index (χ3v) is 4.11. The summed E-state index contributed by atoms with van der Waals surface area (Å²) in [4.78, 5) is 17.9. The molecule has 0 aliphatic carbocycles. The highest BCUT2D eigenvalue weighted by Gasteiger charge is 2.23. The Hall–Kier alpha value is -2.01.